The number of carbonyl (C=O) groups excluding carboxylic acids is 1. The minimum absolute atomic E-state index is 0.258. The summed E-state index contributed by atoms with van der Waals surface area (Å²) in [5.41, 5.74) is 2.02. The second kappa shape index (κ2) is 10.6. The molecule has 4 rings (SSSR count). The van der Waals surface area contributed by atoms with Gasteiger partial charge in [0.25, 0.3) is 0 Å². The highest BCUT2D eigenvalue weighted by molar-refractivity contribution is 5.85. The number of likely N-dealkylation sites (tertiary alicyclic amines) is 2. The molecular weight excluding hydrogens is 428 g/mol. The Morgan fingerprint density at radius 1 is 1.09 bits per heavy atom. The first-order valence-corrected chi connectivity index (χ1v) is 12.4. The lowest BCUT2D eigenvalue weighted by Crippen LogP contribution is -2.45. The molecular formula is C28H36N2O4. The van der Waals surface area contributed by atoms with Crippen LogP contribution < -0.4 is 4.74 Å². The Hall–Kier alpha value is -2.86. The lowest BCUT2D eigenvalue weighted by atomic mass is 9.75. The van der Waals surface area contributed by atoms with Crippen molar-refractivity contribution in [1.29, 1.82) is 0 Å². The summed E-state index contributed by atoms with van der Waals surface area (Å²) in [6.45, 7) is 7.25. The molecule has 1 spiro atoms. The highest BCUT2D eigenvalue weighted by Gasteiger charge is 2.52. The standard InChI is InChI=1S/C28H36N2O4/c1-21(2)18-30-24(16-22-8-4-3-5-9-22)17-28(27(30)33)12-14-29(15-13-28)19-23-10-6-7-11-25(23)34-20-26(31)32/h3-11,21,24H,12-20H2,1-2H3,(H,31,32)/t24-/m0/s1. The van der Waals surface area contributed by atoms with E-state index in [2.05, 4.69) is 47.9 Å². The van der Waals surface area contributed by atoms with Gasteiger partial charge in [0.1, 0.15) is 5.75 Å². The van der Waals surface area contributed by atoms with Crippen molar-refractivity contribution in [2.75, 3.05) is 26.2 Å². The zero-order valence-corrected chi connectivity index (χ0v) is 20.3. The van der Waals surface area contributed by atoms with Gasteiger partial charge in [0.15, 0.2) is 6.61 Å². The number of rotatable bonds is 9. The molecule has 6 nitrogen and oxygen atoms in total. The average Bonchev–Trinajstić information content (AvgIpc) is 3.05. The molecule has 0 aliphatic carbocycles. The molecule has 6 heteroatoms. The van der Waals surface area contributed by atoms with Crippen molar-refractivity contribution in [2.45, 2.75) is 52.1 Å². The van der Waals surface area contributed by atoms with E-state index >= 15 is 0 Å². The fourth-order valence-electron chi connectivity index (χ4n) is 5.53. The second-order valence-electron chi connectivity index (χ2n) is 10.2. The first kappa shape index (κ1) is 24.3. The van der Waals surface area contributed by atoms with Gasteiger partial charge in [-0.05, 0) is 56.3 Å². The quantitative estimate of drug-likeness (QED) is 0.601. The van der Waals surface area contributed by atoms with Crippen LogP contribution in [0.3, 0.4) is 0 Å². The molecule has 34 heavy (non-hydrogen) atoms. The monoisotopic (exact) mass is 464 g/mol. The topological polar surface area (TPSA) is 70.1 Å². The van der Waals surface area contributed by atoms with E-state index in [0.29, 0.717) is 24.1 Å². The summed E-state index contributed by atoms with van der Waals surface area (Å²) in [4.78, 5) is 29.2. The summed E-state index contributed by atoms with van der Waals surface area (Å²) in [6, 6.07) is 18.4. The highest BCUT2D eigenvalue weighted by atomic mass is 16.5. The first-order valence-electron chi connectivity index (χ1n) is 12.4. The Bertz CT molecular complexity index is 983. The van der Waals surface area contributed by atoms with Crippen LogP contribution in [0.25, 0.3) is 0 Å². The summed E-state index contributed by atoms with van der Waals surface area (Å²) in [7, 11) is 0. The predicted octanol–water partition coefficient (Wildman–Crippen LogP) is 4.23. The van der Waals surface area contributed by atoms with Crippen LogP contribution in [0, 0.1) is 11.3 Å². The Labute approximate surface area is 202 Å². The van der Waals surface area contributed by atoms with E-state index in [0.717, 1.165) is 50.9 Å². The van der Waals surface area contributed by atoms with Crippen LogP contribution in [0.5, 0.6) is 5.75 Å². The molecule has 2 fully saturated rings. The number of carbonyl (C=O) groups is 2. The number of aliphatic carboxylic acids is 1. The molecule has 1 amide bonds. The summed E-state index contributed by atoms with van der Waals surface area (Å²) >= 11 is 0. The van der Waals surface area contributed by atoms with Gasteiger partial charge in [-0.25, -0.2) is 4.79 Å². The number of hydrogen-bond donors (Lipinski definition) is 1. The van der Waals surface area contributed by atoms with Gasteiger partial charge in [-0.1, -0.05) is 62.4 Å². The van der Waals surface area contributed by atoms with Gasteiger partial charge >= 0.3 is 5.97 Å². The van der Waals surface area contributed by atoms with Crippen molar-refractivity contribution < 1.29 is 19.4 Å². The van der Waals surface area contributed by atoms with Crippen LogP contribution in [-0.2, 0) is 22.6 Å². The number of carboxylic acids is 1. The molecule has 2 aliphatic heterocycles. The second-order valence-corrected chi connectivity index (χ2v) is 10.2. The number of carboxylic acid groups (broad SMARTS) is 1. The normalized spacial score (nSPS) is 20.3. The molecule has 2 saturated heterocycles. The number of amides is 1. The first-order chi connectivity index (χ1) is 16.4. The van der Waals surface area contributed by atoms with E-state index in [1.54, 1.807) is 0 Å². The summed E-state index contributed by atoms with van der Waals surface area (Å²) in [5, 5.41) is 8.95. The third-order valence-corrected chi connectivity index (χ3v) is 7.19. The lowest BCUT2D eigenvalue weighted by Gasteiger charge is -2.38. The van der Waals surface area contributed by atoms with Gasteiger partial charge in [-0.3, -0.25) is 9.69 Å². The Morgan fingerprint density at radius 2 is 1.76 bits per heavy atom. The number of piperidine rings is 1. The number of hydrogen-bond acceptors (Lipinski definition) is 4. The van der Waals surface area contributed by atoms with E-state index < -0.39 is 5.97 Å². The maximum absolute atomic E-state index is 13.7. The minimum atomic E-state index is -0.981. The molecule has 0 aromatic heterocycles. The SMILES string of the molecule is CC(C)CN1C(=O)C2(CCN(Cc3ccccc3OCC(=O)O)CC2)C[C@@H]1Cc1ccccc1. The van der Waals surface area contributed by atoms with Crippen LogP contribution in [-0.4, -0.2) is 59.1 Å². The largest absolute Gasteiger partial charge is 0.482 e. The molecule has 2 aromatic rings. The molecule has 1 atom stereocenters. The van der Waals surface area contributed by atoms with Crippen molar-refractivity contribution >= 4 is 11.9 Å². The van der Waals surface area contributed by atoms with E-state index in [-0.39, 0.29) is 18.1 Å². The van der Waals surface area contributed by atoms with Crippen LogP contribution >= 0.6 is 0 Å². The van der Waals surface area contributed by atoms with Crippen molar-refractivity contribution in [2.24, 2.45) is 11.3 Å². The molecule has 0 radical (unpaired) electrons. The Balaban J connectivity index is 1.42. The number of nitrogens with zero attached hydrogens (tertiary/aromatic N) is 2. The molecule has 1 N–H and O–H groups in total. The molecule has 0 saturated carbocycles. The molecule has 2 heterocycles. The van der Waals surface area contributed by atoms with E-state index in [1.165, 1.54) is 5.56 Å². The third-order valence-electron chi connectivity index (χ3n) is 7.19. The van der Waals surface area contributed by atoms with Gasteiger partial charge in [0.2, 0.25) is 5.91 Å². The fraction of sp³-hybridized carbons (Fsp3) is 0.500. The summed E-state index contributed by atoms with van der Waals surface area (Å²) < 4.78 is 5.49. The van der Waals surface area contributed by atoms with Gasteiger partial charge in [-0.15, -0.1) is 0 Å². The third kappa shape index (κ3) is 5.61. The summed E-state index contributed by atoms with van der Waals surface area (Å²) in [6.07, 6.45) is 3.58. The van der Waals surface area contributed by atoms with Crippen molar-refractivity contribution in [3.63, 3.8) is 0 Å². The van der Waals surface area contributed by atoms with E-state index in [1.807, 2.05) is 30.3 Å². The number of benzene rings is 2. The predicted molar refractivity (Wildman–Crippen MR) is 132 cm³/mol. The Morgan fingerprint density at radius 3 is 2.44 bits per heavy atom. The highest BCUT2D eigenvalue weighted by Crippen LogP contribution is 2.46. The lowest BCUT2D eigenvalue weighted by molar-refractivity contribution is -0.140. The molecule has 0 unspecified atom stereocenters. The van der Waals surface area contributed by atoms with Crippen molar-refractivity contribution in [3.05, 3.63) is 65.7 Å². The average molecular weight is 465 g/mol. The van der Waals surface area contributed by atoms with Crippen LogP contribution in [0.1, 0.15) is 44.2 Å². The van der Waals surface area contributed by atoms with E-state index in [9.17, 15) is 9.59 Å². The zero-order valence-electron chi connectivity index (χ0n) is 20.3. The maximum Gasteiger partial charge on any atom is 0.341 e. The molecule has 182 valence electrons. The van der Waals surface area contributed by atoms with Crippen molar-refractivity contribution in [3.8, 4) is 5.75 Å². The van der Waals surface area contributed by atoms with Gasteiger partial charge < -0.3 is 14.7 Å². The number of para-hydroxylation sites is 1. The van der Waals surface area contributed by atoms with E-state index in [4.69, 9.17) is 9.84 Å². The Kier molecular flexibility index (Phi) is 7.57. The number of ether oxygens (including phenoxy) is 1. The van der Waals surface area contributed by atoms with Gasteiger partial charge in [0, 0.05) is 24.7 Å². The zero-order chi connectivity index (χ0) is 24.1. The maximum atomic E-state index is 13.7. The fourth-order valence-corrected chi connectivity index (χ4v) is 5.53. The van der Waals surface area contributed by atoms with Gasteiger partial charge in [-0.2, -0.15) is 0 Å². The van der Waals surface area contributed by atoms with Crippen LogP contribution in [0.2, 0.25) is 0 Å². The smallest absolute Gasteiger partial charge is 0.341 e. The molecule has 0 bridgehead atoms. The molecule has 2 aromatic carbocycles. The molecule has 2 aliphatic rings. The minimum Gasteiger partial charge on any atom is -0.482 e. The van der Waals surface area contributed by atoms with Crippen LogP contribution in [0.4, 0.5) is 0 Å². The summed E-state index contributed by atoms with van der Waals surface area (Å²) in [5.74, 6) is 0.422. The van der Waals surface area contributed by atoms with Gasteiger partial charge in [0.05, 0.1) is 5.41 Å². The van der Waals surface area contributed by atoms with Crippen molar-refractivity contribution in [1.82, 2.24) is 9.80 Å². The van der Waals surface area contributed by atoms with Crippen LogP contribution in [0.15, 0.2) is 54.6 Å².